The normalized spacial score (nSPS) is 14.7. The minimum atomic E-state index is -0.0950. The Bertz CT molecular complexity index is 694. The minimum absolute atomic E-state index is 0.0950. The summed E-state index contributed by atoms with van der Waals surface area (Å²) in [7, 11) is 0. The van der Waals surface area contributed by atoms with Gasteiger partial charge in [0.15, 0.2) is 0 Å². The fourth-order valence-corrected chi connectivity index (χ4v) is 2.99. The van der Waals surface area contributed by atoms with Crippen LogP contribution < -0.4 is 10.6 Å². The predicted molar refractivity (Wildman–Crippen MR) is 93.4 cm³/mol. The molecule has 0 saturated heterocycles. The Hall–Kier alpha value is -2.07. The number of rotatable bonds is 4. The number of pyridine rings is 1. The number of nitrogens with one attached hydrogen (secondary N) is 2. The van der Waals surface area contributed by atoms with Crippen molar-refractivity contribution in [3.63, 3.8) is 0 Å². The number of aromatic nitrogens is 1. The SMILES string of the molecule is Cc1ccc(Cl)cc1Nc1ccc(C(=O)NC2CCCC2)nc1. The molecule has 3 rings (SSSR count). The first kappa shape index (κ1) is 15.8. The van der Waals surface area contributed by atoms with E-state index in [-0.39, 0.29) is 5.91 Å². The highest BCUT2D eigenvalue weighted by Crippen LogP contribution is 2.24. The Morgan fingerprint density at radius 1 is 1.22 bits per heavy atom. The number of amides is 1. The van der Waals surface area contributed by atoms with Gasteiger partial charge in [-0.3, -0.25) is 4.79 Å². The van der Waals surface area contributed by atoms with E-state index in [4.69, 9.17) is 11.6 Å². The first-order valence-electron chi connectivity index (χ1n) is 7.92. The number of aryl methyl sites for hydroxylation is 1. The van der Waals surface area contributed by atoms with Crippen LogP contribution in [0.4, 0.5) is 11.4 Å². The number of carbonyl (C=O) groups excluding carboxylic acids is 1. The maximum absolute atomic E-state index is 12.2. The topological polar surface area (TPSA) is 54.0 Å². The second-order valence-corrected chi connectivity index (χ2v) is 6.41. The molecule has 1 heterocycles. The molecule has 0 spiro atoms. The molecule has 23 heavy (non-hydrogen) atoms. The average Bonchev–Trinajstić information content (AvgIpc) is 3.04. The molecule has 1 aliphatic rings. The van der Waals surface area contributed by atoms with Crippen LogP contribution in [-0.4, -0.2) is 16.9 Å². The molecule has 0 aliphatic heterocycles. The van der Waals surface area contributed by atoms with E-state index in [0.717, 1.165) is 29.8 Å². The van der Waals surface area contributed by atoms with Gasteiger partial charge in [0.1, 0.15) is 5.69 Å². The van der Waals surface area contributed by atoms with Crippen molar-refractivity contribution in [2.75, 3.05) is 5.32 Å². The fraction of sp³-hybridized carbons (Fsp3) is 0.333. The van der Waals surface area contributed by atoms with Crippen molar-refractivity contribution in [2.45, 2.75) is 38.6 Å². The van der Waals surface area contributed by atoms with Gasteiger partial charge < -0.3 is 10.6 Å². The van der Waals surface area contributed by atoms with E-state index < -0.39 is 0 Å². The van der Waals surface area contributed by atoms with Gasteiger partial charge in [-0.05, 0) is 49.6 Å². The summed E-state index contributed by atoms with van der Waals surface area (Å²) in [6, 6.07) is 9.59. The van der Waals surface area contributed by atoms with E-state index >= 15 is 0 Å². The predicted octanol–water partition coefficient (Wildman–Crippen LogP) is 4.46. The molecule has 0 atom stereocenters. The first-order chi connectivity index (χ1) is 11.1. The molecule has 1 aliphatic carbocycles. The minimum Gasteiger partial charge on any atom is -0.354 e. The van der Waals surface area contributed by atoms with Crippen LogP contribution in [0.5, 0.6) is 0 Å². The van der Waals surface area contributed by atoms with E-state index in [9.17, 15) is 4.79 Å². The lowest BCUT2D eigenvalue weighted by molar-refractivity contribution is 0.0933. The third-order valence-corrected chi connectivity index (χ3v) is 4.40. The molecule has 2 N–H and O–H groups in total. The highest BCUT2D eigenvalue weighted by molar-refractivity contribution is 6.30. The number of hydrogen-bond donors (Lipinski definition) is 2. The Labute approximate surface area is 141 Å². The number of hydrogen-bond acceptors (Lipinski definition) is 3. The summed E-state index contributed by atoms with van der Waals surface area (Å²) in [6.07, 6.45) is 6.20. The average molecular weight is 330 g/mol. The van der Waals surface area contributed by atoms with Crippen LogP contribution in [0.1, 0.15) is 41.7 Å². The lowest BCUT2D eigenvalue weighted by Crippen LogP contribution is -2.33. The van der Waals surface area contributed by atoms with Gasteiger partial charge in [-0.2, -0.15) is 0 Å². The second kappa shape index (κ2) is 7.01. The van der Waals surface area contributed by atoms with Gasteiger partial charge in [0.2, 0.25) is 0 Å². The first-order valence-corrected chi connectivity index (χ1v) is 8.30. The van der Waals surface area contributed by atoms with Gasteiger partial charge in [0, 0.05) is 16.8 Å². The molecule has 1 fully saturated rings. The number of benzene rings is 1. The molecule has 5 heteroatoms. The van der Waals surface area contributed by atoms with Crippen molar-refractivity contribution >= 4 is 28.9 Å². The van der Waals surface area contributed by atoms with E-state index in [0.29, 0.717) is 16.8 Å². The maximum atomic E-state index is 12.2. The quantitative estimate of drug-likeness (QED) is 0.870. The maximum Gasteiger partial charge on any atom is 0.270 e. The lowest BCUT2D eigenvalue weighted by Gasteiger charge is -2.12. The van der Waals surface area contributed by atoms with Gasteiger partial charge in [0.25, 0.3) is 5.91 Å². The lowest BCUT2D eigenvalue weighted by atomic mass is 10.2. The Kier molecular flexibility index (Phi) is 4.82. The van der Waals surface area contributed by atoms with Crippen molar-refractivity contribution in [1.29, 1.82) is 0 Å². The molecule has 1 aromatic carbocycles. The van der Waals surface area contributed by atoms with Crippen LogP contribution in [0.3, 0.4) is 0 Å². The summed E-state index contributed by atoms with van der Waals surface area (Å²) in [6.45, 7) is 2.01. The summed E-state index contributed by atoms with van der Waals surface area (Å²) >= 11 is 6.02. The monoisotopic (exact) mass is 329 g/mol. The van der Waals surface area contributed by atoms with Gasteiger partial charge in [-0.15, -0.1) is 0 Å². The second-order valence-electron chi connectivity index (χ2n) is 5.97. The fourth-order valence-electron chi connectivity index (χ4n) is 2.82. The van der Waals surface area contributed by atoms with Crippen molar-refractivity contribution < 1.29 is 4.79 Å². The molecule has 0 radical (unpaired) electrons. The summed E-state index contributed by atoms with van der Waals surface area (Å²) in [5, 5.41) is 6.99. The van der Waals surface area contributed by atoms with Gasteiger partial charge >= 0.3 is 0 Å². The zero-order chi connectivity index (χ0) is 16.2. The number of nitrogens with zero attached hydrogens (tertiary/aromatic N) is 1. The Morgan fingerprint density at radius 2 is 2.00 bits per heavy atom. The van der Waals surface area contributed by atoms with Crippen LogP contribution in [0, 0.1) is 6.92 Å². The Balaban J connectivity index is 1.66. The zero-order valence-corrected chi connectivity index (χ0v) is 13.9. The number of carbonyl (C=O) groups is 1. The molecule has 0 unspecified atom stereocenters. The number of halogens is 1. The van der Waals surface area contributed by atoms with Gasteiger partial charge in [0.05, 0.1) is 11.9 Å². The molecule has 0 bridgehead atoms. The molecule has 4 nitrogen and oxygen atoms in total. The van der Waals surface area contributed by atoms with E-state index in [2.05, 4.69) is 15.6 Å². The molecular weight excluding hydrogens is 310 g/mol. The standard InChI is InChI=1S/C18H20ClN3O/c1-12-6-7-13(19)10-17(12)21-15-8-9-16(20-11-15)18(23)22-14-4-2-3-5-14/h6-11,14,21H,2-5H2,1H3,(H,22,23). The third-order valence-electron chi connectivity index (χ3n) is 4.17. The molecule has 2 aromatic rings. The van der Waals surface area contributed by atoms with Crippen LogP contribution >= 0.6 is 11.6 Å². The van der Waals surface area contributed by atoms with E-state index in [1.165, 1.54) is 12.8 Å². The van der Waals surface area contributed by atoms with E-state index in [1.54, 1.807) is 12.3 Å². The van der Waals surface area contributed by atoms with Crippen LogP contribution in [0.2, 0.25) is 5.02 Å². The Morgan fingerprint density at radius 3 is 2.70 bits per heavy atom. The van der Waals surface area contributed by atoms with Crippen molar-refractivity contribution in [2.24, 2.45) is 0 Å². The molecule has 1 amide bonds. The summed E-state index contributed by atoms with van der Waals surface area (Å²) < 4.78 is 0. The summed E-state index contributed by atoms with van der Waals surface area (Å²) in [4.78, 5) is 16.4. The zero-order valence-electron chi connectivity index (χ0n) is 13.1. The van der Waals surface area contributed by atoms with Crippen LogP contribution in [0.15, 0.2) is 36.5 Å². The van der Waals surface area contributed by atoms with Crippen molar-refractivity contribution in [3.8, 4) is 0 Å². The molecule has 120 valence electrons. The highest BCUT2D eigenvalue weighted by atomic mass is 35.5. The highest BCUT2D eigenvalue weighted by Gasteiger charge is 2.18. The largest absolute Gasteiger partial charge is 0.354 e. The summed E-state index contributed by atoms with van der Waals surface area (Å²) in [5.74, 6) is -0.0950. The van der Waals surface area contributed by atoms with Gasteiger partial charge in [-0.1, -0.05) is 30.5 Å². The molecular formula is C18H20ClN3O. The molecule has 1 aromatic heterocycles. The van der Waals surface area contributed by atoms with Gasteiger partial charge in [-0.25, -0.2) is 4.98 Å². The molecule has 1 saturated carbocycles. The number of anilines is 2. The summed E-state index contributed by atoms with van der Waals surface area (Å²) in [5.41, 5.74) is 3.30. The smallest absolute Gasteiger partial charge is 0.270 e. The van der Waals surface area contributed by atoms with Crippen molar-refractivity contribution in [3.05, 3.63) is 52.8 Å². The van der Waals surface area contributed by atoms with Crippen molar-refractivity contribution in [1.82, 2.24) is 10.3 Å². The van der Waals surface area contributed by atoms with Crippen LogP contribution in [-0.2, 0) is 0 Å². The van der Waals surface area contributed by atoms with Crippen LogP contribution in [0.25, 0.3) is 0 Å². The van der Waals surface area contributed by atoms with E-state index in [1.807, 2.05) is 31.2 Å². The third kappa shape index (κ3) is 4.02.